The third kappa shape index (κ3) is 11.8. The Morgan fingerprint density at radius 1 is 0.282 bits per heavy atom. The molecule has 4 heteroatoms. The lowest BCUT2D eigenvalue weighted by atomic mass is 9.66. The van der Waals surface area contributed by atoms with E-state index in [1.165, 1.54) is 94.0 Å². The van der Waals surface area contributed by atoms with Crippen molar-refractivity contribution in [1.82, 2.24) is 4.57 Å². The monoisotopic (exact) mass is 1350 g/mol. The van der Waals surface area contributed by atoms with Crippen LogP contribution in [0.1, 0.15) is 207 Å². The quantitative estimate of drug-likeness (QED) is 0.144. The molecule has 520 valence electrons. The summed E-state index contributed by atoms with van der Waals surface area (Å²) in [5, 5.41) is 6.94. The van der Waals surface area contributed by atoms with Crippen LogP contribution >= 0.6 is 0 Å². The first-order valence-corrected chi connectivity index (χ1v) is 37.4. The van der Waals surface area contributed by atoms with Crippen molar-refractivity contribution in [2.24, 2.45) is 0 Å². The standard InChI is InChI=1S/C99H103N3O/c1-92(2,3)62-30-32-68(33-31-62)99(70-44-56-77-80-58-69(98(19,20)21)45-57-83(80)102(84(77)59-70)75-54-42-67(43-55-75)97(16,17)18)81-60-85(100(71-46-34-63(35-47-71)93(4,5)6)72-48-36-64(37-49-72)94(7,8)9)76-26-22-23-27-78(76)88(81)90-82(99)61-86(91-89(90)79-28-24-25-29-87(79)103-91)101(73-50-38-65(39-51-73)95(10,11)12)74-52-40-66(41-53-74)96(13,14)15/h22-61H,1-21H3. The minimum Gasteiger partial charge on any atom is -0.454 e. The van der Waals surface area contributed by atoms with Crippen LogP contribution in [0.5, 0.6) is 0 Å². The highest BCUT2D eigenvalue weighted by Crippen LogP contribution is 2.64. The first kappa shape index (κ1) is 68.8. The van der Waals surface area contributed by atoms with Gasteiger partial charge in [0.25, 0.3) is 0 Å². The number of para-hydroxylation sites is 1. The number of fused-ring (bicyclic) bond motifs is 12. The van der Waals surface area contributed by atoms with E-state index >= 15 is 0 Å². The van der Waals surface area contributed by atoms with E-state index in [0.29, 0.717) is 0 Å². The van der Waals surface area contributed by atoms with Gasteiger partial charge in [-0.15, -0.1) is 0 Å². The Kier molecular flexibility index (Phi) is 16.1. The van der Waals surface area contributed by atoms with Crippen LogP contribution in [0, 0.1) is 0 Å². The van der Waals surface area contributed by atoms with Crippen LogP contribution in [0.25, 0.3) is 71.3 Å². The van der Waals surface area contributed by atoms with Gasteiger partial charge in [0, 0.05) is 55.4 Å². The topological polar surface area (TPSA) is 24.6 Å². The molecule has 1 aliphatic rings. The van der Waals surface area contributed by atoms with Crippen LogP contribution < -0.4 is 9.80 Å². The van der Waals surface area contributed by atoms with E-state index in [1.807, 2.05) is 0 Å². The van der Waals surface area contributed by atoms with Crippen molar-refractivity contribution in [3.05, 3.63) is 304 Å². The summed E-state index contributed by atoms with van der Waals surface area (Å²) in [5.41, 5.74) is 26.1. The number of hydrogen-bond acceptors (Lipinski definition) is 3. The van der Waals surface area contributed by atoms with Crippen LogP contribution in [0.2, 0.25) is 0 Å². The Bertz CT molecular complexity index is 5480. The van der Waals surface area contributed by atoms with Gasteiger partial charge in [-0.2, -0.15) is 0 Å². The summed E-state index contributed by atoms with van der Waals surface area (Å²) >= 11 is 0. The summed E-state index contributed by atoms with van der Waals surface area (Å²) in [5.74, 6) is 0. The lowest BCUT2D eigenvalue weighted by Gasteiger charge is -2.37. The number of anilines is 6. The van der Waals surface area contributed by atoms with E-state index < -0.39 is 5.41 Å². The second-order valence-electron chi connectivity index (χ2n) is 36.8. The highest BCUT2D eigenvalue weighted by molar-refractivity contribution is 6.24. The number of benzene rings is 12. The molecule has 4 nitrogen and oxygen atoms in total. The predicted molar refractivity (Wildman–Crippen MR) is 443 cm³/mol. The van der Waals surface area contributed by atoms with Gasteiger partial charge in [0.05, 0.1) is 27.8 Å². The van der Waals surface area contributed by atoms with Gasteiger partial charge in [-0.1, -0.05) is 291 Å². The van der Waals surface area contributed by atoms with Crippen molar-refractivity contribution in [2.75, 3.05) is 9.80 Å². The van der Waals surface area contributed by atoms with Crippen LogP contribution in [-0.2, 0) is 43.3 Å². The summed E-state index contributed by atoms with van der Waals surface area (Å²) in [7, 11) is 0. The van der Waals surface area contributed by atoms with Crippen LogP contribution in [0.4, 0.5) is 34.1 Å². The van der Waals surface area contributed by atoms with Crippen molar-refractivity contribution in [1.29, 1.82) is 0 Å². The van der Waals surface area contributed by atoms with Crippen LogP contribution in [0.3, 0.4) is 0 Å². The molecule has 14 aromatic rings. The van der Waals surface area contributed by atoms with Gasteiger partial charge in [0.15, 0.2) is 5.58 Å². The predicted octanol–water partition coefficient (Wildman–Crippen LogP) is 28.2. The van der Waals surface area contributed by atoms with Gasteiger partial charge < -0.3 is 18.8 Å². The van der Waals surface area contributed by atoms with Gasteiger partial charge in [0.1, 0.15) is 5.58 Å². The lowest BCUT2D eigenvalue weighted by molar-refractivity contribution is 0.589. The van der Waals surface area contributed by atoms with E-state index in [4.69, 9.17) is 4.42 Å². The molecular formula is C99H103N3O. The fraction of sp³-hybridized carbons (Fsp3) is 0.293. The molecule has 0 amide bonds. The largest absolute Gasteiger partial charge is 0.454 e. The van der Waals surface area contributed by atoms with Gasteiger partial charge in [0.2, 0.25) is 0 Å². The molecule has 0 spiro atoms. The molecule has 103 heavy (non-hydrogen) atoms. The zero-order chi connectivity index (χ0) is 73.0. The Hall–Kier alpha value is -9.90. The van der Waals surface area contributed by atoms with E-state index in [2.05, 4.69) is 402 Å². The molecule has 2 aromatic heterocycles. The molecule has 0 N–H and O–H groups in total. The zero-order valence-electron chi connectivity index (χ0n) is 64.8. The number of hydrogen-bond donors (Lipinski definition) is 0. The Morgan fingerprint density at radius 3 is 1.11 bits per heavy atom. The van der Waals surface area contributed by atoms with Gasteiger partial charge >= 0.3 is 0 Å². The minimum absolute atomic E-state index is 0.0252. The summed E-state index contributed by atoms with van der Waals surface area (Å²) in [6.07, 6.45) is 0. The van der Waals surface area contributed by atoms with Gasteiger partial charge in [-0.05, 0) is 213 Å². The van der Waals surface area contributed by atoms with Crippen molar-refractivity contribution < 1.29 is 4.42 Å². The summed E-state index contributed by atoms with van der Waals surface area (Å²) in [6, 6.07) is 94.6. The number of furan rings is 1. The molecule has 1 aliphatic carbocycles. The molecule has 0 saturated carbocycles. The second kappa shape index (κ2) is 24.1. The smallest absolute Gasteiger partial charge is 0.160 e. The molecule has 1 atom stereocenters. The van der Waals surface area contributed by atoms with Crippen molar-refractivity contribution >= 4 is 88.6 Å². The maximum Gasteiger partial charge on any atom is 0.160 e. The normalized spacial score (nSPS) is 14.7. The summed E-state index contributed by atoms with van der Waals surface area (Å²) in [6.45, 7) is 48.6. The molecule has 0 radical (unpaired) electrons. The Labute approximate surface area is 613 Å². The summed E-state index contributed by atoms with van der Waals surface area (Å²) in [4.78, 5) is 5.04. The third-order valence-electron chi connectivity index (χ3n) is 22.4. The van der Waals surface area contributed by atoms with E-state index in [-0.39, 0.29) is 37.9 Å². The average molecular weight is 1350 g/mol. The molecule has 2 heterocycles. The van der Waals surface area contributed by atoms with Gasteiger partial charge in [-0.3, -0.25) is 0 Å². The second-order valence-corrected chi connectivity index (χ2v) is 36.8. The van der Waals surface area contributed by atoms with Gasteiger partial charge in [-0.25, -0.2) is 0 Å². The fourth-order valence-corrected chi connectivity index (χ4v) is 16.3. The molecule has 0 aliphatic heterocycles. The molecule has 12 aromatic carbocycles. The maximum absolute atomic E-state index is 7.66. The average Bonchev–Trinajstić information content (AvgIpc) is 1.50. The van der Waals surface area contributed by atoms with Crippen molar-refractivity contribution in [3.8, 4) is 16.8 Å². The molecule has 1 unspecified atom stereocenters. The minimum atomic E-state index is -1.01. The highest BCUT2D eigenvalue weighted by Gasteiger charge is 2.50. The molecule has 0 saturated heterocycles. The van der Waals surface area contributed by atoms with Crippen molar-refractivity contribution in [3.63, 3.8) is 0 Å². The number of nitrogens with zero attached hydrogens (tertiary/aromatic N) is 3. The van der Waals surface area contributed by atoms with Crippen LogP contribution in [0.15, 0.2) is 247 Å². The van der Waals surface area contributed by atoms with E-state index in [0.717, 1.165) is 72.7 Å². The van der Waals surface area contributed by atoms with Crippen molar-refractivity contribution in [2.45, 2.75) is 189 Å². The van der Waals surface area contributed by atoms with Crippen LogP contribution in [-0.4, -0.2) is 4.57 Å². The molecular weight excluding hydrogens is 1250 g/mol. The zero-order valence-corrected chi connectivity index (χ0v) is 64.8. The van der Waals surface area contributed by atoms with E-state index in [1.54, 1.807) is 0 Å². The fourth-order valence-electron chi connectivity index (χ4n) is 16.3. The molecule has 15 rings (SSSR count). The SMILES string of the molecule is CC(C)(C)c1ccc(N(c2ccc(C(C)(C)C)cc2)c2cc3c(c4ccccc24)-c2c(cc(N(c4ccc(C(C)(C)C)cc4)c4ccc(C(C)(C)C)cc4)c4oc5ccccc5c24)C3(c2ccc(C(C)(C)C)cc2)c2ccc3c4cc(C(C)(C)C)ccc4n(-c4ccc(C(C)(C)C)cc4)c3c2)cc1. The number of aromatic nitrogens is 1. The number of rotatable bonds is 9. The molecule has 0 bridgehead atoms. The maximum atomic E-state index is 7.66. The van der Waals surface area contributed by atoms with E-state index in [9.17, 15) is 0 Å². The first-order chi connectivity index (χ1) is 48.5. The highest BCUT2D eigenvalue weighted by atomic mass is 16.3. The lowest BCUT2D eigenvalue weighted by Crippen LogP contribution is -2.29. The summed E-state index contributed by atoms with van der Waals surface area (Å²) < 4.78 is 10.2. The molecule has 0 fully saturated rings. The first-order valence-electron chi connectivity index (χ1n) is 37.4. The third-order valence-corrected chi connectivity index (χ3v) is 22.4. The Morgan fingerprint density at radius 2 is 0.650 bits per heavy atom. The Balaban J connectivity index is 1.16.